The second-order valence-electron chi connectivity index (χ2n) is 11.9. The molecule has 0 radical (unpaired) electrons. The highest BCUT2D eigenvalue weighted by Crippen LogP contribution is 2.44. The molecule has 1 fully saturated rings. The number of benzene rings is 3. The summed E-state index contributed by atoms with van der Waals surface area (Å²) in [6, 6.07) is 17.3. The summed E-state index contributed by atoms with van der Waals surface area (Å²) in [5.41, 5.74) is 2.78. The molecule has 4 rings (SSSR count). The van der Waals surface area contributed by atoms with Crippen LogP contribution in [0, 0.1) is 11.8 Å². The number of anilines is 2. The third-order valence-electron chi connectivity index (χ3n) is 6.78. The van der Waals surface area contributed by atoms with Crippen LogP contribution in [0.1, 0.15) is 61.8 Å². The van der Waals surface area contributed by atoms with Gasteiger partial charge in [-0.1, -0.05) is 30.9 Å². The largest absolute Gasteiger partial charge is 0.485 e. The van der Waals surface area contributed by atoms with E-state index in [2.05, 4.69) is 23.8 Å². The van der Waals surface area contributed by atoms with Crippen molar-refractivity contribution in [3.8, 4) is 22.6 Å². The quantitative estimate of drug-likeness (QED) is 0.164. The highest BCUT2D eigenvalue weighted by molar-refractivity contribution is 6.06. The maximum Gasteiger partial charge on any atom is 0.338 e. The van der Waals surface area contributed by atoms with Crippen LogP contribution in [0.15, 0.2) is 86.0 Å². The Labute approximate surface area is 259 Å². The summed E-state index contributed by atoms with van der Waals surface area (Å²) in [6.07, 6.45) is 4.01. The number of nitrogens with one attached hydrogen (secondary N) is 2. The van der Waals surface area contributed by atoms with E-state index in [0.29, 0.717) is 39.6 Å². The lowest BCUT2D eigenvalue weighted by Gasteiger charge is -2.22. The van der Waals surface area contributed by atoms with Crippen molar-refractivity contribution in [3.63, 3.8) is 0 Å². The first-order valence-electron chi connectivity index (χ1n) is 14.7. The number of rotatable bonds is 12. The van der Waals surface area contributed by atoms with E-state index in [-0.39, 0.29) is 36.4 Å². The van der Waals surface area contributed by atoms with E-state index in [4.69, 9.17) is 14.2 Å². The topological polar surface area (TPSA) is 103 Å². The Morgan fingerprint density at radius 2 is 1.57 bits per heavy atom. The maximum atomic E-state index is 13.3. The lowest BCUT2D eigenvalue weighted by Crippen LogP contribution is -2.23. The van der Waals surface area contributed by atoms with Gasteiger partial charge in [0.2, 0.25) is 5.91 Å². The normalized spacial score (nSPS) is 15.6. The van der Waals surface area contributed by atoms with Gasteiger partial charge < -0.3 is 24.8 Å². The number of ether oxygens (including phenoxy) is 3. The molecular weight excluding hydrogens is 556 g/mol. The molecule has 1 saturated carbocycles. The van der Waals surface area contributed by atoms with Gasteiger partial charge in [0.25, 0.3) is 5.91 Å². The van der Waals surface area contributed by atoms with Gasteiger partial charge in [0.05, 0.1) is 17.4 Å². The standard InChI is InChI=1S/C36H40N2O6/c1-8-20-42-31-28(24-10-12-26(13-11-24)35(41)44-36(5,6)7)18-19-30(32(31)43-22(3)4)38-33(39)25-14-16-27(17-15-25)37-34(40)29-21-23(29)9-2/h8-19,22-23,29H,1-2,20-21H2,3-7H3,(H,37,40)(H,38,39). The summed E-state index contributed by atoms with van der Waals surface area (Å²) >= 11 is 0. The molecule has 1 aliphatic carbocycles. The first-order chi connectivity index (χ1) is 20.9. The minimum absolute atomic E-state index is 0.0433. The Morgan fingerprint density at radius 3 is 2.14 bits per heavy atom. The van der Waals surface area contributed by atoms with Crippen LogP contribution in [-0.4, -0.2) is 36.1 Å². The van der Waals surface area contributed by atoms with Crippen molar-refractivity contribution in [1.29, 1.82) is 0 Å². The molecule has 0 saturated heterocycles. The zero-order chi connectivity index (χ0) is 32.0. The fourth-order valence-electron chi connectivity index (χ4n) is 4.56. The molecule has 0 aromatic heterocycles. The summed E-state index contributed by atoms with van der Waals surface area (Å²) in [5, 5.41) is 5.84. The van der Waals surface area contributed by atoms with E-state index >= 15 is 0 Å². The van der Waals surface area contributed by atoms with E-state index < -0.39 is 11.6 Å². The second kappa shape index (κ2) is 13.6. The number of carbonyl (C=O) groups is 3. The van der Waals surface area contributed by atoms with Gasteiger partial charge in [0.1, 0.15) is 12.2 Å². The average Bonchev–Trinajstić information content (AvgIpc) is 3.77. The van der Waals surface area contributed by atoms with E-state index in [1.54, 1.807) is 54.6 Å². The van der Waals surface area contributed by atoms with Crippen molar-refractivity contribution in [1.82, 2.24) is 0 Å². The highest BCUT2D eigenvalue weighted by Gasteiger charge is 2.40. The zero-order valence-electron chi connectivity index (χ0n) is 25.9. The summed E-state index contributed by atoms with van der Waals surface area (Å²) in [7, 11) is 0. The van der Waals surface area contributed by atoms with Crippen molar-refractivity contribution in [3.05, 3.63) is 97.1 Å². The summed E-state index contributed by atoms with van der Waals surface area (Å²) in [5.74, 6) is 0.174. The first kappa shape index (κ1) is 32.1. The molecule has 0 aliphatic heterocycles. The number of amides is 2. The van der Waals surface area contributed by atoms with Crippen LogP contribution in [0.5, 0.6) is 11.5 Å². The van der Waals surface area contributed by atoms with Crippen LogP contribution in [0.2, 0.25) is 0 Å². The number of carbonyl (C=O) groups excluding carboxylic acids is 3. The highest BCUT2D eigenvalue weighted by atomic mass is 16.6. The molecule has 0 bridgehead atoms. The summed E-state index contributed by atoms with van der Waals surface area (Å²) in [4.78, 5) is 38.2. The van der Waals surface area contributed by atoms with Gasteiger partial charge in [-0.05, 0) is 101 Å². The van der Waals surface area contributed by atoms with Crippen LogP contribution >= 0.6 is 0 Å². The fraction of sp³-hybridized carbons (Fsp3) is 0.306. The van der Waals surface area contributed by atoms with Gasteiger partial charge in [-0.3, -0.25) is 9.59 Å². The Hall–Kier alpha value is -4.85. The van der Waals surface area contributed by atoms with Gasteiger partial charge in [0, 0.05) is 22.7 Å². The predicted octanol–water partition coefficient (Wildman–Crippen LogP) is 7.67. The Balaban J connectivity index is 1.59. The Bertz CT molecular complexity index is 1530. The lowest BCUT2D eigenvalue weighted by atomic mass is 10.0. The minimum atomic E-state index is -0.603. The molecule has 44 heavy (non-hydrogen) atoms. The molecule has 2 atom stereocenters. The van der Waals surface area contributed by atoms with Crippen molar-refractivity contribution in [2.45, 2.75) is 52.7 Å². The molecule has 0 spiro atoms. The van der Waals surface area contributed by atoms with Gasteiger partial charge >= 0.3 is 5.97 Å². The molecule has 230 valence electrons. The van der Waals surface area contributed by atoms with Gasteiger partial charge in [-0.2, -0.15) is 0 Å². The fourth-order valence-corrected chi connectivity index (χ4v) is 4.56. The van der Waals surface area contributed by atoms with Crippen LogP contribution in [0.4, 0.5) is 11.4 Å². The first-order valence-corrected chi connectivity index (χ1v) is 14.7. The zero-order valence-corrected chi connectivity index (χ0v) is 25.9. The van der Waals surface area contributed by atoms with E-state index in [0.717, 1.165) is 12.0 Å². The lowest BCUT2D eigenvalue weighted by molar-refractivity contribution is -0.117. The van der Waals surface area contributed by atoms with Crippen molar-refractivity contribution < 1.29 is 28.6 Å². The van der Waals surface area contributed by atoms with Crippen molar-refractivity contribution in [2.75, 3.05) is 17.2 Å². The summed E-state index contributed by atoms with van der Waals surface area (Å²) in [6.45, 7) is 17.0. The Morgan fingerprint density at radius 1 is 0.909 bits per heavy atom. The maximum absolute atomic E-state index is 13.3. The third-order valence-corrected chi connectivity index (χ3v) is 6.78. The minimum Gasteiger partial charge on any atom is -0.485 e. The number of allylic oxidation sites excluding steroid dienone is 1. The van der Waals surface area contributed by atoms with Crippen molar-refractivity contribution >= 4 is 29.2 Å². The van der Waals surface area contributed by atoms with Crippen molar-refractivity contribution in [2.24, 2.45) is 11.8 Å². The SMILES string of the molecule is C=CCOc1c(-c2ccc(C(=O)OC(C)(C)C)cc2)ccc(NC(=O)c2ccc(NC(=O)C3CC3C=C)cc2)c1OC(C)C. The molecule has 2 unspecified atom stereocenters. The molecule has 3 aromatic carbocycles. The van der Waals surface area contributed by atoms with Crippen LogP contribution in [0.3, 0.4) is 0 Å². The van der Waals surface area contributed by atoms with Gasteiger partial charge in [-0.25, -0.2) is 4.79 Å². The van der Waals surface area contributed by atoms with Crippen LogP contribution in [0.25, 0.3) is 11.1 Å². The van der Waals surface area contributed by atoms with Crippen LogP contribution in [-0.2, 0) is 9.53 Å². The molecule has 1 aliphatic rings. The number of hydrogen-bond donors (Lipinski definition) is 2. The third kappa shape index (κ3) is 8.16. The second-order valence-corrected chi connectivity index (χ2v) is 11.9. The van der Waals surface area contributed by atoms with E-state index in [1.165, 1.54) is 0 Å². The van der Waals surface area contributed by atoms with E-state index in [1.807, 2.05) is 52.8 Å². The van der Waals surface area contributed by atoms with Gasteiger partial charge in [0.15, 0.2) is 11.5 Å². The number of hydrogen-bond acceptors (Lipinski definition) is 6. The average molecular weight is 597 g/mol. The molecule has 0 heterocycles. The smallest absolute Gasteiger partial charge is 0.338 e. The molecule has 8 nitrogen and oxygen atoms in total. The van der Waals surface area contributed by atoms with Crippen LogP contribution < -0.4 is 20.1 Å². The monoisotopic (exact) mass is 596 g/mol. The predicted molar refractivity (Wildman–Crippen MR) is 173 cm³/mol. The molecule has 2 amide bonds. The molecule has 2 N–H and O–H groups in total. The molecule has 3 aromatic rings. The number of esters is 1. The van der Waals surface area contributed by atoms with Gasteiger partial charge in [-0.15, -0.1) is 6.58 Å². The van der Waals surface area contributed by atoms with E-state index in [9.17, 15) is 14.4 Å². The summed E-state index contributed by atoms with van der Waals surface area (Å²) < 4.78 is 17.8. The molecule has 8 heteroatoms. The Kier molecular flexibility index (Phi) is 9.94. The molecular formula is C36H40N2O6.